The molecule has 0 saturated carbocycles. The maximum absolute atomic E-state index is 13.3. The Morgan fingerprint density at radius 1 is 1.05 bits per heavy atom. The fourth-order valence-electron chi connectivity index (χ4n) is 1.86. The van der Waals surface area contributed by atoms with Gasteiger partial charge in [-0.15, -0.1) is 0 Å². The van der Waals surface area contributed by atoms with Crippen molar-refractivity contribution in [2.75, 3.05) is 0 Å². The molecule has 2 nitrogen and oxygen atoms in total. The molecule has 4 heteroatoms. The standard InChI is InChI=1S/C16H17F2NO/c1-2-14(19)10-11-9-13(18)5-8-16(11)20-15-6-3-12(17)4-7-15/h3-9,14H,2,10,19H2,1H3. The first-order chi connectivity index (χ1) is 9.58. The number of ether oxygens (including phenoxy) is 1. The maximum Gasteiger partial charge on any atom is 0.130 e. The van der Waals surface area contributed by atoms with Gasteiger partial charge in [-0.25, -0.2) is 8.78 Å². The first-order valence-corrected chi connectivity index (χ1v) is 6.56. The van der Waals surface area contributed by atoms with Gasteiger partial charge in [0, 0.05) is 6.04 Å². The fourth-order valence-corrected chi connectivity index (χ4v) is 1.86. The van der Waals surface area contributed by atoms with Gasteiger partial charge in [-0.3, -0.25) is 0 Å². The first kappa shape index (κ1) is 14.5. The summed E-state index contributed by atoms with van der Waals surface area (Å²) in [5, 5.41) is 0. The summed E-state index contributed by atoms with van der Waals surface area (Å²) in [7, 11) is 0. The summed E-state index contributed by atoms with van der Waals surface area (Å²) in [5.41, 5.74) is 6.62. The number of hydrogen-bond donors (Lipinski definition) is 1. The Bertz CT molecular complexity index is 569. The Kier molecular flexibility index (Phi) is 4.69. The molecule has 2 rings (SSSR count). The zero-order valence-corrected chi connectivity index (χ0v) is 11.3. The van der Waals surface area contributed by atoms with E-state index in [0.717, 1.165) is 6.42 Å². The maximum atomic E-state index is 13.3. The van der Waals surface area contributed by atoms with Gasteiger partial charge in [-0.2, -0.15) is 0 Å². The van der Waals surface area contributed by atoms with Gasteiger partial charge < -0.3 is 10.5 Å². The molecule has 0 aliphatic heterocycles. The van der Waals surface area contributed by atoms with Crippen molar-refractivity contribution in [3.8, 4) is 11.5 Å². The first-order valence-electron chi connectivity index (χ1n) is 6.56. The molecule has 0 aromatic heterocycles. The molecule has 106 valence electrons. The highest BCUT2D eigenvalue weighted by Crippen LogP contribution is 2.27. The fraction of sp³-hybridized carbons (Fsp3) is 0.250. The lowest BCUT2D eigenvalue weighted by molar-refractivity contribution is 0.467. The lowest BCUT2D eigenvalue weighted by atomic mass is 10.0. The van der Waals surface area contributed by atoms with Crippen molar-refractivity contribution in [3.63, 3.8) is 0 Å². The van der Waals surface area contributed by atoms with Gasteiger partial charge in [0.2, 0.25) is 0 Å². The largest absolute Gasteiger partial charge is 0.457 e. The summed E-state index contributed by atoms with van der Waals surface area (Å²) in [6, 6.07) is 9.97. The third-order valence-electron chi connectivity index (χ3n) is 3.07. The van der Waals surface area contributed by atoms with Gasteiger partial charge >= 0.3 is 0 Å². The highest BCUT2D eigenvalue weighted by molar-refractivity contribution is 5.38. The van der Waals surface area contributed by atoms with E-state index in [1.165, 1.54) is 36.4 Å². The molecule has 0 bridgehead atoms. The van der Waals surface area contributed by atoms with E-state index in [1.54, 1.807) is 6.07 Å². The SMILES string of the molecule is CCC(N)Cc1cc(F)ccc1Oc1ccc(F)cc1. The second-order valence-corrected chi connectivity index (χ2v) is 4.68. The minimum Gasteiger partial charge on any atom is -0.457 e. The molecule has 0 saturated heterocycles. The third kappa shape index (κ3) is 3.78. The summed E-state index contributed by atoms with van der Waals surface area (Å²) in [4.78, 5) is 0. The number of hydrogen-bond acceptors (Lipinski definition) is 2. The van der Waals surface area contributed by atoms with Gasteiger partial charge in [0.25, 0.3) is 0 Å². The summed E-state index contributed by atoms with van der Waals surface area (Å²) in [6.07, 6.45) is 1.33. The van der Waals surface area contributed by atoms with Crippen LogP contribution in [0.25, 0.3) is 0 Å². The normalized spacial score (nSPS) is 12.2. The van der Waals surface area contributed by atoms with Crippen LogP contribution in [0.15, 0.2) is 42.5 Å². The summed E-state index contributed by atoms with van der Waals surface area (Å²) in [5.74, 6) is 0.394. The molecule has 0 aliphatic carbocycles. The smallest absolute Gasteiger partial charge is 0.130 e. The number of nitrogens with two attached hydrogens (primary N) is 1. The van der Waals surface area contributed by atoms with Crippen LogP contribution in [0.4, 0.5) is 8.78 Å². The van der Waals surface area contributed by atoms with Gasteiger partial charge in [-0.05, 0) is 60.9 Å². The lowest BCUT2D eigenvalue weighted by Crippen LogP contribution is -2.21. The zero-order chi connectivity index (χ0) is 14.5. The summed E-state index contributed by atoms with van der Waals surface area (Å²) in [6.45, 7) is 1.98. The molecule has 0 aliphatic rings. The van der Waals surface area contributed by atoms with Gasteiger partial charge in [0.15, 0.2) is 0 Å². The quantitative estimate of drug-likeness (QED) is 0.895. The number of halogens is 2. The second kappa shape index (κ2) is 6.48. The Balaban J connectivity index is 2.23. The van der Waals surface area contributed by atoms with Crippen molar-refractivity contribution in [1.82, 2.24) is 0 Å². The molecule has 2 aromatic rings. The monoisotopic (exact) mass is 277 g/mol. The molecule has 1 unspecified atom stereocenters. The van der Waals surface area contributed by atoms with Crippen LogP contribution >= 0.6 is 0 Å². The van der Waals surface area contributed by atoms with Crippen LogP contribution in [0.3, 0.4) is 0 Å². The van der Waals surface area contributed by atoms with Crippen LogP contribution in [-0.4, -0.2) is 6.04 Å². The van der Waals surface area contributed by atoms with Crippen LogP contribution < -0.4 is 10.5 Å². The van der Waals surface area contributed by atoms with Crippen LogP contribution in [0.5, 0.6) is 11.5 Å². The molecule has 0 heterocycles. The highest BCUT2D eigenvalue weighted by atomic mass is 19.1. The van der Waals surface area contributed by atoms with Crippen LogP contribution in [0.1, 0.15) is 18.9 Å². The Morgan fingerprint density at radius 2 is 1.70 bits per heavy atom. The van der Waals surface area contributed by atoms with E-state index in [4.69, 9.17) is 10.5 Å². The van der Waals surface area contributed by atoms with Crippen LogP contribution in [0.2, 0.25) is 0 Å². The van der Waals surface area contributed by atoms with Crippen LogP contribution in [-0.2, 0) is 6.42 Å². The molecule has 1 atom stereocenters. The molecule has 0 fully saturated rings. The Labute approximate surface area is 117 Å². The van der Waals surface area contributed by atoms with E-state index in [-0.39, 0.29) is 17.7 Å². The van der Waals surface area contributed by atoms with Crippen molar-refractivity contribution in [1.29, 1.82) is 0 Å². The van der Waals surface area contributed by atoms with E-state index in [2.05, 4.69) is 0 Å². The minimum atomic E-state index is -0.329. The predicted molar refractivity (Wildman–Crippen MR) is 74.8 cm³/mol. The van der Waals surface area contributed by atoms with Gasteiger partial charge in [0.05, 0.1) is 0 Å². The highest BCUT2D eigenvalue weighted by Gasteiger charge is 2.10. The predicted octanol–water partition coefficient (Wildman–Crippen LogP) is 4.04. The molecule has 0 spiro atoms. The van der Waals surface area contributed by atoms with Crippen LogP contribution in [0, 0.1) is 11.6 Å². The van der Waals surface area contributed by atoms with Crippen molar-refractivity contribution in [2.24, 2.45) is 5.73 Å². The van der Waals surface area contributed by atoms with Gasteiger partial charge in [-0.1, -0.05) is 6.92 Å². The van der Waals surface area contributed by atoms with E-state index >= 15 is 0 Å². The average molecular weight is 277 g/mol. The Morgan fingerprint density at radius 3 is 2.35 bits per heavy atom. The minimum absolute atomic E-state index is 0.0487. The molecule has 0 amide bonds. The Hall–Kier alpha value is -1.94. The topological polar surface area (TPSA) is 35.2 Å². The molecular formula is C16H17F2NO. The zero-order valence-electron chi connectivity index (χ0n) is 11.3. The average Bonchev–Trinajstić information content (AvgIpc) is 2.44. The summed E-state index contributed by atoms with van der Waals surface area (Å²) < 4.78 is 31.9. The second-order valence-electron chi connectivity index (χ2n) is 4.68. The van der Waals surface area contributed by atoms with E-state index in [1.807, 2.05) is 6.92 Å². The molecule has 20 heavy (non-hydrogen) atoms. The van der Waals surface area contributed by atoms with Gasteiger partial charge in [0.1, 0.15) is 23.1 Å². The van der Waals surface area contributed by atoms with E-state index in [9.17, 15) is 8.78 Å². The van der Waals surface area contributed by atoms with E-state index in [0.29, 0.717) is 23.5 Å². The third-order valence-corrected chi connectivity index (χ3v) is 3.07. The molecular weight excluding hydrogens is 260 g/mol. The number of benzene rings is 2. The lowest BCUT2D eigenvalue weighted by Gasteiger charge is -2.14. The van der Waals surface area contributed by atoms with E-state index < -0.39 is 0 Å². The van der Waals surface area contributed by atoms with Crippen molar-refractivity contribution >= 4 is 0 Å². The van der Waals surface area contributed by atoms with Crippen molar-refractivity contribution in [2.45, 2.75) is 25.8 Å². The van der Waals surface area contributed by atoms with Crippen molar-refractivity contribution < 1.29 is 13.5 Å². The summed E-state index contributed by atoms with van der Waals surface area (Å²) >= 11 is 0. The van der Waals surface area contributed by atoms with Crippen molar-refractivity contribution in [3.05, 3.63) is 59.7 Å². The molecule has 2 N–H and O–H groups in total. The molecule has 0 radical (unpaired) electrons. The number of rotatable bonds is 5. The molecule has 2 aromatic carbocycles.